The Morgan fingerprint density at radius 3 is 2.89 bits per heavy atom. The van der Waals surface area contributed by atoms with Gasteiger partial charge in [-0.2, -0.15) is 0 Å². The summed E-state index contributed by atoms with van der Waals surface area (Å²) in [7, 11) is 0. The number of hydrogen-bond acceptors (Lipinski definition) is 4. The Labute approximate surface area is 111 Å². The first-order valence-corrected chi connectivity index (χ1v) is 6.40. The van der Waals surface area contributed by atoms with Gasteiger partial charge in [0.05, 0.1) is 4.92 Å². The van der Waals surface area contributed by atoms with Crippen molar-refractivity contribution < 1.29 is 4.92 Å². The molecule has 2 rings (SSSR count). The van der Waals surface area contributed by atoms with Crippen molar-refractivity contribution in [3.05, 3.63) is 46.1 Å². The van der Waals surface area contributed by atoms with E-state index in [9.17, 15) is 10.1 Å². The van der Waals surface area contributed by atoms with E-state index in [1.54, 1.807) is 12.3 Å². The van der Waals surface area contributed by atoms with E-state index >= 15 is 0 Å². The van der Waals surface area contributed by atoms with Gasteiger partial charge in [-0.3, -0.25) is 10.1 Å². The van der Waals surface area contributed by atoms with Crippen molar-refractivity contribution in [2.75, 3.05) is 0 Å². The van der Waals surface area contributed by atoms with Crippen LogP contribution in [0.3, 0.4) is 0 Å². The minimum Gasteiger partial charge on any atom is -0.327 e. The number of nitro benzene ring substituents is 1. The summed E-state index contributed by atoms with van der Waals surface area (Å²) >= 11 is 0. The first kappa shape index (κ1) is 13.4. The van der Waals surface area contributed by atoms with Crippen LogP contribution in [0.15, 0.2) is 30.5 Å². The van der Waals surface area contributed by atoms with Crippen LogP contribution in [0.4, 0.5) is 5.69 Å². The quantitative estimate of drug-likeness (QED) is 0.661. The average molecular weight is 259 g/mol. The van der Waals surface area contributed by atoms with E-state index in [0.29, 0.717) is 11.9 Å². The summed E-state index contributed by atoms with van der Waals surface area (Å²) in [6.45, 7) is 2.09. The van der Waals surface area contributed by atoms with Gasteiger partial charge in [-0.25, -0.2) is 4.98 Å². The molecule has 100 valence electrons. The molecule has 0 aliphatic rings. The smallest absolute Gasteiger partial charge is 0.295 e. The van der Waals surface area contributed by atoms with Crippen LogP contribution in [-0.4, -0.2) is 15.9 Å². The van der Waals surface area contributed by atoms with Crippen molar-refractivity contribution >= 4 is 16.6 Å². The molecule has 2 aromatic rings. The predicted molar refractivity (Wildman–Crippen MR) is 75.0 cm³/mol. The minimum atomic E-state index is -0.398. The van der Waals surface area contributed by atoms with Crippen molar-refractivity contribution in [1.82, 2.24) is 4.98 Å². The van der Waals surface area contributed by atoms with Gasteiger partial charge in [-0.05, 0) is 24.5 Å². The predicted octanol–water partition coefficient (Wildman–Crippen LogP) is 2.81. The summed E-state index contributed by atoms with van der Waals surface area (Å²) in [5, 5.41) is 11.8. The lowest BCUT2D eigenvalue weighted by atomic mass is 9.99. The standard InChI is InChI=1S/C14H17N3O2/c1-2-4-11(15)9-10-7-8-16-14-12(10)5-3-6-13(14)17(18)19/h3,5-8,11H,2,4,9,15H2,1H3. The summed E-state index contributed by atoms with van der Waals surface area (Å²) in [6, 6.07) is 7.00. The van der Waals surface area contributed by atoms with Crippen LogP contribution in [-0.2, 0) is 6.42 Å². The second-order valence-corrected chi connectivity index (χ2v) is 4.65. The highest BCUT2D eigenvalue weighted by Gasteiger charge is 2.15. The number of para-hydroxylation sites is 1. The van der Waals surface area contributed by atoms with Crippen LogP contribution >= 0.6 is 0 Å². The number of nitrogens with zero attached hydrogens (tertiary/aromatic N) is 2. The third-order valence-electron chi connectivity index (χ3n) is 3.18. The highest BCUT2D eigenvalue weighted by atomic mass is 16.6. The van der Waals surface area contributed by atoms with Crippen molar-refractivity contribution in [2.45, 2.75) is 32.2 Å². The molecule has 0 saturated carbocycles. The first-order chi connectivity index (χ1) is 9.13. The monoisotopic (exact) mass is 259 g/mol. The van der Waals surface area contributed by atoms with E-state index in [1.165, 1.54) is 6.07 Å². The maximum absolute atomic E-state index is 11.0. The molecular formula is C14H17N3O2. The van der Waals surface area contributed by atoms with Gasteiger partial charge < -0.3 is 5.73 Å². The zero-order valence-electron chi connectivity index (χ0n) is 10.9. The number of nitro groups is 1. The Kier molecular flexibility index (Phi) is 4.06. The van der Waals surface area contributed by atoms with Crippen molar-refractivity contribution in [2.24, 2.45) is 5.73 Å². The Hall–Kier alpha value is -2.01. The molecule has 5 heteroatoms. The van der Waals surface area contributed by atoms with E-state index < -0.39 is 4.92 Å². The molecular weight excluding hydrogens is 242 g/mol. The second-order valence-electron chi connectivity index (χ2n) is 4.65. The molecule has 1 aromatic heterocycles. The summed E-state index contributed by atoms with van der Waals surface area (Å²) < 4.78 is 0. The maximum atomic E-state index is 11.0. The molecule has 5 nitrogen and oxygen atoms in total. The lowest BCUT2D eigenvalue weighted by Crippen LogP contribution is -2.22. The van der Waals surface area contributed by atoms with E-state index in [-0.39, 0.29) is 11.7 Å². The zero-order chi connectivity index (χ0) is 13.8. The Morgan fingerprint density at radius 1 is 1.42 bits per heavy atom. The van der Waals surface area contributed by atoms with Crippen LogP contribution in [0.1, 0.15) is 25.3 Å². The number of fused-ring (bicyclic) bond motifs is 1. The van der Waals surface area contributed by atoms with E-state index in [1.807, 2.05) is 12.1 Å². The molecule has 0 spiro atoms. The first-order valence-electron chi connectivity index (χ1n) is 6.40. The number of hydrogen-bond donors (Lipinski definition) is 1. The van der Waals surface area contributed by atoms with Crippen LogP contribution in [0, 0.1) is 10.1 Å². The third-order valence-corrected chi connectivity index (χ3v) is 3.18. The Balaban J connectivity index is 2.46. The van der Waals surface area contributed by atoms with Crippen LogP contribution < -0.4 is 5.73 Å². The zero-order valence-corrected chi connectivity index (χ0v) is 10.9. The number of rotatable bonds is 5. The topological polar surface area (TPSA) is 82.0 Å². The van der Waals surface area contributed by atoms with Crippen LogP contribution in [0.5, 0.6) is 0 Å². The molecule has 0 aliphatic heterocycles. The van der Waals surface area contributed by atoms with Gasteiger partial charge in [0.1, 0.15) is 5.52 Å². The molecule has 19 heavy (non-hydrogen) atoms. The summed E-state index contributed by atoms with van der Waals surface area (Å²) in [5.41, 5.74) is 7.56. The molecule has 0 bridgehead atoms. The van der Waals surface area contributed by atoms with Crippen LogP contribution in [0.2, 0.25) is 0 Å². The van der Waals surface area contributed by atoms with E-state index in [4.69, 9.17) is 5.73 Å². The number of nitrogens with two attached hydrogens (primary N) is 1. The number of pyridine rings is 1. The highest BCUT2D eigenvalue weighted by molar-refractivity contribution is 5.89. The number of aromatic nitrogens is 1. The molecule has 1 heterocycles. The Bertz CT molecular complexity index is 598. The molecule has 1 atom stereocenters. The molecule has 1 unspecified atom stereocenters. The third kappa shape index (κ3) is 2.88. The molecule has 0 aliphatic carbocycles. The largest absolute Gasteiger partial charge is 0.327 e. The lowest BCUT2D eigenvalue weighted by Gasteiger charge is -2.12. The summed E-state index contributed by atoms with van der Waals surface area (Å²) in [6.07, 6.45) is 4.31. The van der Waals surface area contributed by atoms with Gasteiger partial charge in [0, 0.05) is 23.7 Å². The fraction of sp³-hybridized carbons (Fsp3) is 0.357. The maximum Gasteiger partial charge on any atom is 0.295 e. The van der Waals surface area contributed by atoms with Crippen molar-refractivity contribution in [1.29, 1.82) is 0 Å². The fourth-order valence-corrected chi connectivity index (χ4v) is 2.30. The lowest BCUT2D eigenvalue weighted by molar-refractivity contribution is -0.383. The summed E-state index contributed by atoms with van der Waals surface area (Å²) in [5.74, 6) is 0. The molecule has 2 N–H and O–H groups in total. The van der Waals surface area contributed by atoms with E-state index in [2.05, 4.69) is 11.9 Å². The Morgan fingerprint density at radius 2 is 2.21 bits per heavy atom. The fourth-order valence-electron chi connectivity index (χ4n) is 2.30. The van der Waals surface area contributed by atoms with E-state index in [0.717, 1.165) is 23.8 Å². The average Bonchev–Trinajstić information content (AvgIpc) is 2.38. The van der Waals surface area contributed by atoms with Gasteiger partial charge in [0.2, 0.25) is 0 Å². The second kappa shape index (κ2) is 5.75. The van der Waals surface area contributed by atoms with Gasteiger partial charge >= 0.3 is 0 Å². The molecule has 0 saturated heterocycles. The van der Waals surface area contributed by atoms with Crippen molar-refractivity contribution in [3.63, 3.8) is 0 Å². The molecule has 0 amide bonds. The normalized spacial score (nSPS) is 12.5. The van der Waals surface area contributed by atoms with Gasteiger partial charge in [0.25, 0.3) is 5.69 Å². The van der Waals surface area contributed by atoms with Gasteiger partial charge in [-0.15, -0.1) is 0 Å². The number of benzene rings is 1. The van der Waals surface area contributed by atoms with Crippen molar-refractivity contribution in [3.8, 4) is 0 Å². The van der Waals surface area contributed by atoms with Gasteiger partial charge in [-0.1, -0.05) is 25.5 Å². The molecule has 1 aromatic carbocycles. The SMILES string of the molecule is CCCC(N)Cc1ccnc2c([N+](=O)[O-])cccc12. The van der Waals surface area contributed by atoms with Crippen LogP contribution in [0.25, 0.3) is 10.9 Å². The summed E-state index contributed by atoms with van der Waals surface area (Å²) in [4.78, 5) is 14.7. The molecule has 0 fully saturated rings. The minimum absolute atomic E-state index is 0.0448. The number of non-ortho nitro benzene ring substituents is 1. The molecule has 0 radical (unpaired) electrons. The highest BCUT2D eigenvalue weighted by Crippen LogP contribution is 2.26. The van der Waals surface area contributed by atoms with Gasteiger partial charge in [0.15, 0.2) is 0 Å².